The van der Waals surface area contributed by atoms with Gasteiger partial charge >= 0.3 is 5.97 Å². The van der Waals surface area contributed by atoms with Gasteiger partial charge in [0.1, 0.15) is 6.10 Å². The van der Waals surface area contributed by atoms with Crippen LogP contribution in [0.25, 0.3) is 5.57 Å². The number of carboxylic acid groups (broad SMARTS) is 1. The molecule has 3 N–H and O–H groups in total. The van der Waals surface area contributed by atoms with Gasteiger partial charge in [-0.1, -0.05) is 54.1 Å². The van der Waals surface area contributed by atoms with Gasteiger partial charge in [0.25, 0.3) is 0 Å². The highest BCUT2D eigenvalue weighted by molar-refractivity contribution is 6.30. The molecule has 1 unspecified atom stereocenters. The van der Waals surface area contributed by atoms with Crippen LogP contribution in [0, 0.1) is 0 Å². The Morgan fingerprint density at radius 3 is 2.59 bits per heavy atom. The van der Waals surface area contributed by atoms with Gasteiger partial charge in [-0.2, -0.15) is 5.10 Å². The zero-order valence-electron chi connectivity index (χ0n) is 14.7. The molecule has 0 radical (unpaired) electrons. The number of aliphatic hydroxyl groups excluding tert-OH is 1. The summed E-state index contributed by atoms with van der Waals surface area (Å²) in [5, 5.41) is 28.0. The monoisotopic (exact) mass is 382 g/mol. The number of nitrogens with one attached hydrogen (secondary N) is 1. The minimum absolute atomic E-state index is 0.140. The van der Waals surface area contributed by atoms with Crippen LogP contribution >= 0.6 is 11.6 Å². The van der Waals surface area contributed by atoms with Gasteiger partial charge in [0.05, 0.1) is 11.3 Å². The summed E-state index contributed by atoms with van der Waals surface area (Å²) in [4.78, 5) is 11.5. The maximum absolute atomic E-state index is 11.5. The van der Waals surface area contributed by atoms with Crippen molar-refractivity contribution in [1.29, 1.82) is 0 Å². The number of hydrogen-bond donors (Lipinski definition) is 3. The predicted octanol–water partition coefficient (Wildman–Crippen LogP) is 4.22. The van der Waals surface area contributed by atoms with Crippen molar-refractivity contribution in [2.75, 3.05) is 0 Å². The second-order valence-electron chi connectivity index (χ2n) is 6.12. The lowest BCUT2D eigenvalue weighted by Gasteiger charge is -2.14. The molecular formula is C21H19ClN2O3. The molecule has 3 aromatic rings. The summed E-state index contributed by atoms with van der Waals surface area (Å²) in [6.07, 6.45) is 1.10. The quantitative estimate of drug-likeness (QED) is 0.557. The van der Waals surface area contributed by atoms with Gasteiger partial charge in [-0.05, 0) is 41.8 Å². The van der Waals surface area contributed by atoms with Crippen molar-refractivity contribution in [2.24, 2.45) is 0 Å². The molecule has 6 heteroatoms. The highest BCUT2D eigenvalue weighted by Crippen LogP contribution is 2.29. The summed E-state index contributed by atoms with van der Waals surface area (Å²) in [7, 11) is 0. The molecular weight excluding hydrogens is 364 g/mol. The van der Waals surface area contributed by atoms with Gasteiger partial charge < -0.3 is 10.2 Å². The molecule has 0 aliphatic carbocycles. The Labute approximate surface area is 161 Å². The van der Waals surface area contributed by atoms with E-state index in [9.17, 15) is 15.0 Å². The number of rotatable bonds is 6. The lowest BCUT2D eigenvalue weighted by molar-refractivity contribution is -0.130. The van der Waals surface area contributed by atoms with E-state index in [1.807, 2.05) is 24.3 Å². The van der Waals surface area contributed by atoms with E-state index in [0.29, 0.717) is 28.3 Å². The Balaban J connectivity index is 1.87. The van der Waals surface area contributed by atoms with Crippen LogP contribution in [0.1, 0.15) is 41.1 Å². The molecule has 2 aromatic carbocycles. The van der Waals surface area contributed by atoms with E-state index in [-0.39, 0.29) is 5.57 Å². The number of benzene rings is 2. The SMILES string of the molecule is C/C=C(/C(=O)O)c1ccccc1C(O)c1cc(Cc2ccc(Cl)cc2)[nH]n1. The number of halogens is 1. The average Bonchev–Trinajstić information content (AvgIpc) is 3.12. The minimum atomic E-state index is -1.04. The first-order valence-corrected chi connectivity index (χ1v) is 8.83. The highest BCUT2D eigenvalue weighted by Gasteiger charge is 2.21. The van der Waals surface area contributed by atoms with Crippen LogP contribution in [-0.2, 0) is 11.2 Å². The second kappa shape index (κ2) is 8.20. The van der Waals surface area contributed by atoms with Gasteiger partial charge in [-0.25, -0.2) is 4.79 Å². The van der Waals surface area contributed by atoms with E-state index in [2.05, 4.69) is 10.2 Å². The van der Waals surface area contributed by atoms with Gasteiger partial charge in [0, 0.05) is 17.1 Å². The number of aromatic nitrogens is 2. The third-order valence-corrected chi connectivity index (χ3v) is 4.56. The van der Waals surface area contributed by atoms with Crippen LogP contribution in [0.5, 0.6) is 0 Å². The van der Waals surface area contributed by atoms with Gasteiger partial charge in [-0.3, -0.25) is 5.10 Å². The molecule has 0 fully saturated rings. The molecule has 0 aliphatic rings. The molecule has 0 saturated heterocycles. The molecule has 0 amide bonds. The van der Waals surface area contributed by atoms with Crippen molar-refractivity contribution in [3.63, 3.8) is 0 Å². The predicted molar refractivity (Wildman–Crippen MR) is 105 cm³/mol. The number of hydrogen-bond acceptors (Lipinski definition) is 3. The standard InChI is InChI=1S/C21H19ClN2O3/c1-2-16(21(26)27)17-5-3-4-6-18(17)20(25)19-12-15(23-24-19)11-13-7-9-14(22)10-8-13/h2-10,12,20,25H,11H2,1H3,(H,23,24)(H,26,27)/b16-2+. The molecule has 138 valence electrons. The number of aromatic amines is 1. The summed E-state index contributed by atoms with van der Waals surface area (Å²) in [6, 6.07) is 16.2. The fourth-order valence-electron chi connectivity index (χ4n) is 2.97. The topological polar surface area (TPSA) is 86.2 Å². The molecule has 0 saturated carbocycles. The third kappa shape index (κ3) is 4.27. The highest BCUT2D eigenvalue weighted by atomic mass is 35.5. The number of aliphatic carboxylic acids is 1. The lowest BCUT2D eigenvalue weighted by Crippen LogP contribution is -2.08. The van der Waals surface area contributed by atoms with Crippen LogP contribution in [0.2, 0.25) is 5.02 Å². The lowest BCUT2D eigenvalue weighted by atomic mass is 9.94. The van der Waals surface area contributed by atoms with Crippen molar-refractivity contribution in [2.45, 2.75) is 19.4 Å². The zero-order valence-corrected chi connectivity index (χ0v) is 15.4. The van der Waals surface area contributed by atoms with Crippen LogP contribution in [-0.4, -0.2) is 26.4 Å². The molecule has 0 spiro atoms. The molecule has 3 rings (SSSR count). The van der Waals surface area contributed by atoms with Gasteiger partial charge in [0.15, 0.2) is 0 Å². The smallest absolute Gasteiger partial charge is 0.335 e. The van der Waals surface area contributed by atoms with Crippen molar-refractivity contribution in [3.05, 3.63) is 93.8 Å². The summed E-state index contributed by atoms with van der Waals surface area (Å²) in [6.45, 7) is 1.66. The maximum atomic E-state index is 11.5. The molecule has 1 aromatic heterocycles. The van der Waals surface area contributed by atoms with E-state index in [1.54, 1.807) is 37.3 Å². The fourth-order valence-corrected chi connectivity index (χ4v) is 3.09. The van der Waals surface area contributed by atoms with Crippen LogP contribution in [0.15, 0.2) is 60.7 Å². The fraction of sp³-hybridized carbons (Fsp3) is 0.143. The Kier molecular flexibility index (Phi) is 5.74. The number of carboxylic acids is 1. The number of carbonyl (C=O) groups is 1. The number of allylic oxidation sites excluding steroid dienone is 1. The van der Waals surface area contributed by atoms with E-state index >= 15 is 0 Å². The molecule has 1 heterocycles. The third-order valence-electron chi connectivity index (χ3n) is 4.30. The molecule has 0 bridgehead atoms. The van der Waals surface area contributed by atoms with Crippen LogP contribution in [0.3, 0.4) is 0 Å². The first-order chi connectivity index (χ1) is 13.0. The largest absolute Gasteiger partial charge is 0.478 e. The van der Waals surface area contributed by atoms with Crippen molar-refractivity contribution >= 4 is 23.1 Å². The first-order valence-electron chi connectivity index (χ1n) is 8.45. The van der Waals surface area contributed by atoms with Crippen molar-refractivity contribution in [3.8, 4) is 0 Å². The van der Waals surface area contributed by atoms with Crippen LogP contribution in [0.4, 0.5) is 0 Å². The van der Waals surface area contributed by atoms with Crippen molar-refractivity contribution < 1.29 is 15.0 Å². The number of aliphatic hydroxyl groups is 1. The van der Waals surface area contributed by atoms with E-state index in [4.69, 9.17) is 11.6 Å². The molecule has 0 aliphatic heterocycles. The Morgan fingerprint density at radius 1 is 1.22 bits per heavy atom. The Morgan fingerprint density at radius 2 is 1.93 bits per heavy atom. The van der Waals surface area contributed by atoms with Gasteiger partial charge in [-0.15, -0.1) is 0 Å². The Bertz CT molecular complexity index is 977. The van der Waals surface area contributed by atoms with Gasteiger partial charge in [0.2, 0.25) is 0 Å². The summed E-state index contributed by atoms with van der Waals surface area (Å²) in [5.74, 6) is -1.04. The molecule has 5 nitrogen and oxygen atoms in total. The van der Waals surface area contributed by atoms with E-state index in [1.165, 1.54) is 6.08 Å². The van der Waals surface area contributed by atoms with E-state index < -0.39 is 12.1 Å². The molecule has 27 heavy (non-hydrogen) atoms. The second-order valence-corrected chi connectivity index (χ2v) is 6.56. The first kappa shape index (κ1) is 18.9. The number of H-pyrrole nitrogens is 1. The average molecular weight is 383 g/mol. The minimum Gasteiger partial charge on any atom is -0.478 e. The number of nitrogens with zero attached hydrogens (tertiary/aromatic N) is 1. The van der Waals surface area contributed by atoms with E-state index in [0.717, 1.165) is 11.3 Å². The zero-order chi connectivity index (χ0) is 19.4. The van der Waals surface area contributed by atoms with Crippen LogP contribution < -0.4 is 0 Å². The summed E-state index contributed by atoms with van der Waals surface area (Å²) >= 11 is 5.90. The van der Waals surface area contributed by atoms with Crippen molar-refractivity contribution in [1.82, 2.24) is 10.2 Å². The Hall–Kier alpha value is -2.89. The summed E-state index contributed by atoms with van der Waals surface area (Å²) < 4.78 is 0. The summed E-state index contributed by atoms with van der Waals surface area (Å²) in [5.41, 5.74) is 3.45. The maximum Gasteiger partial charge on any atom is 0.335 e. The normalized spacial score (nSPS) is 12.8. The molecule has 1 atom stereocenters.